The molecule has 0 bridgehead atoms. The van der Waals surface area contributed by atoms with Gasteiger partial charge in [-0.15, -0.1) is 0 Å². The van der Waals surface area contributed by atoms with Crippen molar-refractivity contribution in [2.24, 2.45) is 5.92 Å². The Morgan fingerprint density at radius 1 is 1.23 bits per heavy atom. The van der Waals surface area contributed by atoms with Crippen LogP contribution in [0.1, 0.15) is 34.2 Å². The monoisotopic (exact) mass is 352 g/mol. The van der Waals surface area contributed by atoms with Crippen molar-refractivity contribution in [2.75, 3.05) is 6.54 Å². The number of carbonyl (C=O) groups is 1. The highest BCUT2D eigenvalue weighted by molar-refractivity contribution is 5.94. The molecule has 7 nitrogen and oxygen atoms in total. The molecule has 0 saturated heterocycles. The molecule has 3 rings (SSSR count). The van der Waals surface area contributed by atoms with Crippen LogP contribution in [0, 0.1) is 19.8 Å². The van der Waals surface area contributed by atoms with E-state index in [-0.39, 0.29) is 5.91 Å². The van der Waals surface area contributed by atoms with Crippen molar-refractivity contribution in [2.45, 2.75) is 33.9 Å². The smallest absolute Gasteiger partial charge is 0.251 e. The summed E-state index contributed by atoms with van der Waals surface area (Å²) < 4.78 is 3.74. The summed E-state index contributed by atoms with van der Waals surface area (Å²) in [5.74, 6) is 0.237. The number of hydrogen-bond donors (Lipinski definition) is 1. The van der Waals surface area contributed by atoms with Gasteiger partial charge in [0.1, 0.15) is 12.7 Å². The summed E-state index contributed by atoms with van der Waals surface area (Å²) in [7, 11) is 0. The van der Waals surface area contributed by atoms with Gasteiger partial charge in [-0.25, -0.2) is 9.67 Å². The van der Waals surface area contributed by atoms with Crippen LogP contribution in [-0.4, -0.2) is 37.0 Å². The van der Waals surface area contributed by atoms with E-state index in [1.54, 1.807) is 11.0 Å². The van der Waals surface area contributed by atoms with Gasteiger partial charge in [0.15, 0.2) is 0 Å². The topological polar surface area (TPSA) is 77.6 Å². The summed E-state index contributed by atoms with van der Waals surface area (Å²) in [6.45, 7) is 8.18. The summed E-state index contributed by atoms with van der Waals surface area (Å²) in [6, 6.07) is 9.62. The molecule has 1 amide bonds. The number of benzene rings is 1. The molecule has 1 atom stereocenters. The Hall–Kier alpha value is -2.96. The lowest BCUT2D eigenvalue weighted by Crippen LogP contribution is -2.30. The third-order valence-electron chi connectivity index (χ3n) is 4.23. The van der Waals surface area contributed by atoms with Crippen LogP contribution in [0.3, 0.4) is 0 Å². The zero-order valence-electron chi connectivity index (χ0n) is 15.4. The number of hydrogen-bond acceptors (Lipinski definition) is 4. The Labute approximate surface area is 153 Å². The summed E-state index contributed by atoms with van der Waals surface area (Å²) in [5, 5.41) is 11.5. The average molecular weight is 352 g/mol. The lowest BCUT2D eigenvalue weighted by molar-refractivity contribution is 0.0946. The molecule has 0 fully saturated rings. The molecule has 2 aromatic heterocycles. The Bertz CT molecular complexity index is 851. The Balaban J connectivity index is 1.50. The van der Waals surface area contributed by atoms with Crippen molar-refractivity contribution < 1.29 is 4.79 Å². The van der Waals surface area contributed by atoms with Gasteiger partial charge in [0, 0.05) is 24.3 Å². The number of aromatic nitrogens is 5. The number of amides is 1. The van der Waals surface area contributed by atoms with Gasteiger partial charge in [0.2, 0.25) is 0 Å². The first-order valence-electron chi connectivity index (χ1n) is 8.72. The highest BCUT2D eigenvalue weighted by Crippen LogP contribution is 2.08. The average Bonchev–Trinajstić information content (AvgIpc) is 3.23. The highest BCUT2D eigenvalue weighted by atomic mass is 16.1. The van der Waals surface area contributed by atoms with Crippen LogP contribution < -0.4 is 5.32 Å². The maximum atomic E-state index is 12.3. The molecule has 3 aromatic rings. The fraction of sp³-hybridized carbons (Fsp3) is 0.368. The molecule has 26 heavy (non-hydrogen) atoms. The van der Waals surface area contributed by atoms with Gasteiger partial charge in [-0.3, -0.25) is 9.48 Å². The van der Waals surface area contributed by atoms with Crippen molar-refractivity contribution in [1.29, 1.82) is 0 Å². The molecule has 0 radical (unpaired) electrons. The number of nitrogens with zero attached hydrogens (tertiary/aromatic N) is 5. The predicted molar refractivity (Wildman–Crippen MR) is 98.8 cm³/mol. The zero-order chi connectivity index (χ0) is 18.5. The molecule has 0 aliphatic heterocycles. The number of aryl methyl sites for hydroxylation is 2. The molecule has 0 spiro atoms. The first kappa shape index (κ1) is 17.8. The van der Waals surface area contributed by atoms with Gasteiger partial charge in [-0.05, 0) is 43.5 Å². The molecule has 7 heteroatoms. The lowest BCUT2D eigenvalue weighted by Gasteiger charge is -2.14. The summed E-state index contributed by atoms with van der Waals surface area (Å²) in [5.41, 5.74) is 3.89. The highest BCUT2D eigenvalue weighted by Gasteiger charge is 2.10. The van der Waals surface area contributed by atoms with E-state index in [2.05, 4.69) is 33.5 Å². The van der Waals surface area contributed by atoms with Gasteiger partial charge < -0.3 is 5.32 Å². The molecule has 136 valence electrons. The quantitative estimate of drug-likeness (QED) is 0.707. The molecule has 1 aromatic carbocycles. The minimum Gasteiger partial charge on any atom is -0.352 e. The fourth-order valence-corrected chi connectivity index (χ4v) is 2.85. The first-order valence-corrected chi connectivity index (χ1v) is 8.72. The van der Waals surface area contributed by atoms with Crippen molar-refractivity contribution in [3.05, 3.63) is 65.5 Å². The molecular weight excluding hydrogens is 328 g/mol. The van der Waals surface area contributed by atoms with Gasteiger partial charge >= 0.3 is 0 Å². The van der Waals surface area contributed by atoms with Crippen molar-refractivity contribution in [1.82, 2.24) is 29.9 Å². The van der Waals surface area contributed by atoms with E-state index in [0.29, 0.717) is 24.6 Å². The first-order chi connectivity index (χ1) is 12.5. The van der Waals surface area contributed by atoms with Crippen LogP contribution >= 0.6 is 0 Å². The molecule has 0 unspecified atom stereocenters. The molecule has 0 saturated carbocycles. The lowest BCUT2D eigenvalue weighted by atomic mass is 10.1. The molecule has 0 aliphatic rings. The molecule has 2 heterocycles. The van der Waals surface area contributed by atoms with Crippen molar-refractivity contribution >= 4 is 5.91 Å². The predicted octanol–water partition coefficient (Wildman–Crippen LogP) is 2.21. The van der Waals surface area contributed by atoms with Gasteiger partial charge in [0.05, 0.1) is 12.2 Å². The summed E-state index contributed by atoms with van der Waals surface area (Å²) in [6.07, 6.45) is 3.18. The minimum atomic E-state index is -0.0578. The van der Waals surface area contributed by atoms with Crippen LogP contribution in [0.15, 0.2) is 43.0 Å². The van der Waals surface area contributed by atoms with Gasteiger partial charge in [-0.2, -0.15) is 10.2 Å². The second kappa shape index (κ2) is 7.95. The van der Waals surface area contributed by atoms with E-state index < -0.39 is 0 Å². The maximum Gasteiger partial charge on any atom is 0.251 e. The molecule has 0 aliphatic carbocycles. The van der Waals surface area contributed by atoms with E-state index in [4.69, 9.17) is 0 Å². The second-order valence-electron chi connectivity index (χ2n) is 6.71. The van der Waals surface area contributed by atoms with Crippen LogP contribution in [0.25, 0.3) is 0 Å². The number of carbonyl (C=O) groups excluding carboxylic acids is 1. The van der Waals surface area contributed by atoms with Crippen LogP contribution in [-0.2, 0) is 13.1 Å². The van der Waals surface area contributed by atoms with E-state index in [9.17, 15) is 4.79 Å². The van der Waals surface area contributed by atoms with Crippen LogP contribution in [0.2, 0.25) is 0 Å². The van der Waals surface area contributed by atoms with Crippen LogP contribution in [0.4, 0.5) is 0 Å². The largest absolute Gasteiger partial charge is 0.352 e. The van der Waals surface area contributed by atoms with Gasteiger partial charge in [0.25, 0.3) is 5.91 Å². The van der Waals surface area contributed by atoms with Crippen LogP contribution in [0.5, 0.6) is 0 Å². The van der Waals surface area contributed by atoms with E-state index in [1.165, 1.54) is 6.33 Å². The zero-order valence-corrected chi connectivity index (χ0v) is 15.4. The Morgan fingerprint density at radius 2 is 2.00 bits per heavy atom. The van der Waals surface area contributed by atoms with E-state index in [1.807, 2.05) is 42.8 Å². The van der Waals surface area contributed by atoms with E-state index >= 15 is 0 Å². The Kier molecular flexibility index (Phi) is 5.46. The normalized spacial score (nSPS) is 12.1. The standard InChI is InChI=1S/C19H24N6O/c1-14(10-25-16(3)8-15(2)23-25)9-21-19(26)18-6-4-17(5-7-18)11-24-13-20-12-22-24/h4-8,12-14H,9-11H2,1-3H3,(H,21,26)/t14-/m1/s1. The third-order valence-corrected chi connectivity index (χ3v) is 4.23. The van der Waals surface area contributed by atoms with Crippen molar-refractivity contribution in [3.8, 4) is 0 Å². The molecule has 1 N–H and O–H groups in total. The molecular formula is C19H24N6O. The third kappa shape index (κ3) is 4.56. The maximum absolute atomic E-state index is 12.3. The SMILES string of the molecule is Cc1cc(C)n(C[C@H](C)CNC(=O)c2ccc(Cn3cncn3)cc2)n1. The Morgan fingerprint density at radius 3 is 2.62 bits per heavy atom. The fourth-order valence-electron chi connectivity index (χ4n) is 2.85. The summed E-state index contributed by atoms with van der Waals surface area (Å²) >= 11 is 0. The van der Waals surface area contributed by atoms with Gasteiger partial charge in [-0.1, -0.05) is 19.1 Å². The number of nitrogens with one attached hydrogen (secondary N) is 1. The second-order valence-corrected chi connectivity index (χ2v) is 6.71. The van der Waals surface area contributed by atoms with E-state index in [0.717, 1.165) is 23.5 Å². The minimum absolute atomic E-state index is 0.0578. The van der Waals surface area contributed by atoms with Crippen molar-refractivity contribution in [3.63, 3.8) is 0 Å². The summed E-state index contributed by atoms with van der Waals surface area (Å²) in [4.78, 5) is 16.3. The number of rotatable bonds is 7.